The number of aryl methyl sites for hydroxylation is 1. The minimum atomic E-state index is -0.734. The summed E-state index contributed by atoms with van der Waals surface area (Å²) in [6.07, 6.45) is 3.38. The smallest absolute Gasteiger partial charge is 0.220 e. The van der Waals surface area contributed by atoms with Gasteiger partial charge in [0.25, 0.3) is 0 Å². The number of hydrogen-bond acceptors (Lipinski definition) is 2. The van der Waals surface area contributed by atoms with Gasteiger partial charge in [0.1, 0.15) is 0 Å². The largest absolute Gasteiger partial charge is 0.388 e. The van der Waals surface area contributed by atoms with E-state index in [0.717, 1.165) is 19.3 Å². The van der Waals surface area contributed by atoms with E-state index in [1.807, 2.05) is 37.3 Å². The van der Waals surface area contributed by atoms with Gasteiger partial charge in [0, 0.05) is 13.0 Å². The van der Waals surface area contributed by atoms with E-state index in [-0.39, 0.29) is 5.91 Å². The third kappa shape index (κ3) is 3.84. The molecule has 18 heavy (non-hydrogen) atoms. The standard InChI is InChI=1S/C15H21NO2/c1-15(18,13-8-9-13)11-16-14(17)10-7-12-5-3-2-4-6-12/h2-6,13,18H,7-11H2,1H3,(H,16,17)/t15-/m0/s1. The van der Waals surface area contributed by atoms with Crippen LogP contribution in [-0.2, 0) is 11.2 Å². The van der Waals surface area contributed by atoms with Crippen molar-refractivity contribution in [3.63, 3.8) is 0 Å². The van der Waals surface area contributed by atoms with Crippen molar-refractivity contribution in [2.75, 3.05) is 6.54 Å². The van der Waals surface area contributed by atoms with E-state index in [0.29, 0.717) is 18.9 Å². The molecule has 1 aliphatic carbocycles. The highest BCUT2D eigenvalue weighted by molar-refractivity contribution is 5.76. The van der Waals surface area contributed by atoms with Crippen molar-refractivity contribution in [3.05, 3.63) is 35.9 Å². The summed E-state index contributed by atoms with van der Waals surface area (Å²) in [5.41, 5.74) is 0.434. The Bertz CT molecular complexity index is 396. The molecule has 1 aromatic carbocycles. The van der Waals surface area contributed by atoms with Crippen molar-refractivity contribution >= 4 is 5.91 Å². The fourth-order valence-electron chi connectivity index (χ4n) is 2.12. The third-order valence-corrected chi connectivity index (χ3v) is 3.58. The van der Waals surface area contributed by atoms with Crippen molar-refractivity contribution in [2.24, 2.45) is 5.92 Å². The summed E-state index contributed by atoms with van der Waals surface area (Å²) < 4.78 is 0. The molecule has 0 bridgehead atoms. The lowest BCUT2D eigenvalue weighted by atomic mass is 10.0. The summed E-state index contributed by atoms with van der Waals surface area (Å²) in [7, 11) is 0. The normalized spacial score (nSPS) is 18.1. The van der Waals surface area contributed by atoms with Crippen LogP contribution in [0.15, 0.2) is 30.3 Å². The molecule has 0 aromatic heterocycles. The maximum Gasteiger partial charge on any atom is 0.220 e. The van der Waals surface area contributed by atoms with Crippen molar-refractivity contribution in [1.82, 2.24) is 5.32 Å². The highest BCUT2D eigenvalue weighted by Crippen LogP contribution is 2.38. The molecule has 1 atom stereocenters. The minimum absolute atomic E-state index is 0.0137. The second kappa shape index (κ2) is 5.53. The van der Waals surface area contributed by atoms with Crippen molar-refractivity contribution in [3.8, 4) is 0 Å². The number of rotatable bonds is 6. The van der Waals surface area contributed by atoms with Crippen LogP contribution in [0.1, 0.15) is 31.7 Å². The van der Waals surface area contributed by atoms with Gasteiger partial charge in [0.05, 0.1) is 5.60 Å². The molecule has 3 nitrogen and oxygen atoms in total. The SMILES string of the molecule is C[C@](O)(CNC(=O)CCc1ccccc1)C1CC1. The number of benzene rings is 1. The summed E-state index contributed by atoms with van der Waals surface area (Å²) in [6, 6.07) is 9.97. The molecule has 1 fully saturated rings. The molecule has 0 unspecified atom stereocenters. The highest BCUT2D eigenvalue weighted by Gasteiger charge is 2.39. The van der Waals surface area contributed by atoms with Crippen LogP contribution in [0.2, 0.25) is 0 Å². The van der Waals surface area contributed by atoms with Gasteiger partial charge < -0.3 is 10.4 Å². The first-order valence-corrected chi connectivity index (χ1v) is 6.61. The Morgan fingerprint density at radius 1 is 1.39 bits per heavy atom. The number of nitrogens with one attached hydrogen (secondary N) is 1. The van der Waals surface area contributed by atoms with Crippen LogP contribution in [0.25, 0.3) is 0 Å². The molecule has 2 rings (SSSR count). The topological polar surface area (TPSA) is 49.3 Å². The molecular weight excluding hydrogens is 226 g/mol. The summed E-state index contributed by atoms with van der Waals surface area (Å²) in [5, 5.41) is 12.9. The molecule has 3 heteroatoms. The lowest BCUT2D eigenvalue weighted by Gasteiger charge is -2.23. The van der Waals surface area contributed by atoms with Gasteiger partial charge in [0.15, 0.2) is 0 Å². The molecule has 1 amide bonds. The van der Waals surface area contributed by atoms with E-state index in [1.165, 1.54) is 5.56 Å². The van der Waals surface area contributed by atoms with Gasteiger partial charge in [-0.25, -0.2) is 0 Å². The number of amides is 1. The fourth-order valence-corrected chi connectivity index (χ4v) is 2.12. The molecule has 0 spiro atoms. The molecular formula is C15H21NO2. The summed E-state index contributed by atoms with van der Waals surface area (Å²) in [5.74, 6) is 0.381. The monoisotopic (exact) mass is 247 g/mol. The van der Waals surface area contributed by atoms with Gasteiger partial charge >= 0.3 is 0 Å². The molecule has 0 saturated heterocycles. The molecule has 2 N–H and O–H groups in total. The highest BCUT2D eigenvalue weighted by atomic mass is 16.3. The second-order valence-electron chi connectivity index (χ2n) is 5.39. The number of hydrogen-bond donors (Lipinski definition) is 2. The Morgan fingerprint density at radius 3 is 2.67 bits per heavy atom. The predicted octanol–water partition coefficient (Wildman–Crippen LogP) is 1.90. The molecule has 0 aliphatic heterocycles. The van der Waals surface area contributed by atoms with Gasteiger partial charge in [-0.05, 0) is 37.7 Å². The van der Waals surface area contributed by atoms with Crippen LogP contribution in [-0.4, -0.2) is 23.2 Å². The van der Waals surface area contributed by atoms with Gasteiger partial charge in [-0.2, -0.15) is 0 Å². The zero-order valence-electron chi connectivity index (χ0n) is 10.9. The van der Waals surface area contributed by atoms with Crippen molar-refractivity contribution in [1.29, 1.82) is 0 Å². The lowest BCUT2D eigenvalue weighted by molar-refractivity contribution is -0.122. The Hall–Kier alpha value is -1.35. The first-order valence-electron chi connectivity index (χ1n) is 6.61. The van der Waals surface area contributed by atoms with E-state index in [1.54, 1.807) is 0 Å². The Labute approximate surface area is 108 Å². The molecule has 1 aliphatic rings. The summed E-state index contributed by atoms with van der Waals surface area (Å²) in [4.78, 5) is 11.7. The first-order chi connectivity index (χ1) is 8.58. The van der Waals surface area contributed by atoms with Crippen LogP contribution >= 0.6 is 0 Å². The maximum atomic E-state index is 11.7. The van der Waals surface area contributed by atoms with Crippen molar-refractivity contribution < 1.29 is 9.90 Å². The lowest BCUT2D eigenvalue weighted by Crippen LogP contribution is -2.42. The zero-order chi connectivity index (χ0) is 13.0. The number of aliphatic hydroxyl groups is 1. The number of carbonyl (C=O) groups is 1. The van der Waals surface area contributed by atoms with Crippen molar-refractivity contribution in [2.45, 2.75) is 38.2 Å². The minimum Gasteiger partial charge on any atom is -0.388 e. The van der Waals surface area contributed by atoms with E-state index in [9.17, 15) is 9.90 Å². The zero-order valence-corrected chi connectivity index (χ0v) is 10.9. The first kappa shape index (κ1) is 13.1. The number of carbonyl (C=O) groups excluding carboxylic acids is 1. The average molecular weight is 247 g/mol. The van der Waals surface area contributed by atoms with Crippen LogP contribution in [0, 0.1) is 5.92 Å². The Kier molecular flexibility index (Phi) is 4.02. The van der Waals surface area contributed by atoms with Crippen LogP contribution < -0.4 is 5.32 Å². The van der Waals surface area contributed by atoms with Crippen LogP contribution in [0.3, 0.4) is 0 Å². The summed E-state index contributed by atoms with van der Waals surface area (Å²) >= 11 is 0. The van der Waals surface area contributed by atoms with Crippen LogP contribution in [0.4, 0.5) is 0 Å². The Morgan fingerprint density at radius 2 is 2.06 bits per heavy atom. The molecule has 0 heterocycles. The molecule has 0 radical (unpaired) electrons. The van der Waals surface area contributed by atoms with Crippen LogP contribution in [0.5, 0.6) is 0 Å². The quantitative estimate of drug-likeness (QED) is 0.806. The van der Waals surface area contributed by atoms with Gasteiger partial charge in [-0.15, -0.1) is 0 Å². The second-order valence-corrected chi connectivity index (χ2v) is 5.39. The van der Waals surface area contributed by atoms with E-state index in [4.69, 9.17) is 0 Å². The predicted molar refractivity (Wildman–Crippen MR) is 71.1 cm³/mol. The third-order valence-electron chi connectivity index (χ3n) is 3.58. The molecule has 98 valence electrons. The van der Waals surface area contributed by atoms with E-state index in [2.05, 4.69) is 5.32 Å². The van der Waals surface area contributed by atoms with Gasteiger partial charge in [-0.3, -0.25) is 4.79 Å². The van der Waals surface area contributed by atoms with E-state index < -0.39 is 5.60 Å². The maximum absolute atomic E-state index is 11.7. The van der Waals surface area contributed by atoms with Gasteiger partial charge in [0.2, 0.25) is 5.91 Å². The Balaban J connectivity index is 1.69. The van der Waals surface area contributed by atoms with Gasteiger partial charge in [-0.1, -0.05) is 30.3 Å². The average Bonchev–Trinajstić information content (AvgIpc) is 3.20. The fraction of sp³-hybridized carbons (Fsp3) is 0.533. The van der Waals surface area contributed by atoms with E-state index >= 15 is 0 Å². The molecule has 1 saturated carbocycles. The molecule has 1 aromatic rings. The summed E-state index contributed by atoms with van der Waals surface area (Å²) in [6.45, 7) is 2.17.